The Labute approximate surface area is 100 Å². The zero-order valence-electron chi connectivity index (χ0n) is 9.31. The lowest BCUT2D eigenvalue weighted by atomic mass is 10.2. The van der Waals surface area contributed by atoms with Gasteiger partial charge in [-0.1, -0.05) is 13.0 Å². The van der Waals surface area contributed by atoms with Gasteiger partial charge in [0.2, 0.25) is 0 Å². The number of hydrogen-bond donors (Lipinski definition) is 1. The number of aryl methyl sites for hydroxylation is 2. The predicted molar refractivity (Wildman–Crippen MR) is 66.9 cm³/mol. The molecule has 0 radical (unpaired) electrons. The van der Waals surface area contributed by atoms with Crippen LogP contribution in [0.25, 0.3) is 0 Å². The lowest BCUT2D eigenvalue weighted by Crippen LogP contribution is -2.05. The number of rotatable bonds is 4. The maximum absolute atomic E-state index is 5.24. The maximum atomic E-state index is 5.24. The van der Waals surface area contributed by atoms with Crippen LogP contribution >= 0.6 is 12.2 Å². The van der Waals surface area contributed by atoms with E-state index in [-0.39, 0.29) is 0 Å². The molecule has 0 aliphatic rings. The zero-order valence-corrected chi connectivity index (χ0v) is 10.1. The molecule has 0 aliphatic heterocycles. The lowest BCUT2D eigenvalue weighted by Gasteiger charge is -2.06. The third-order valence-electron chi connectivity index (χ3n) is 2.63. The molecule has 0 aromatic carbocycles. The van der Waals surface area contributed by atoms with E-state index in [0.29, 0.717) is 0 Å². The van der Waals surface area contributed by atoms with Crippen LogP contribution in [0.3, 0.4) is 0 Å². The molecule has 84 valence electrons. The average Bonchev–Trinajstić information content (AvgIpc) is 2.69. The van der Waals surface area contributed by atoms with Gasteiger partial charge in [0.15, 0.2) is 4.77 Å². The molecule has 0 saturated heterocycles. The molecule has 2 rings (SSSR count). The normalized spacial score (nSPS) is 10.6. The molecule has 2 heterocycles. The van der Waals surface area contributed by atoms with E-state index < -0.39 is 0 Å². The van der Waals surface area contributed by atoms with Crippen molar-refractivity contribution in [3.05, 3.63) is 46.8 Å². The van der Waals surface area contributed by atoms with E-state index >= 15 is 0 Å². The van der Waals surface area contributed by atoms with Crippen molar-refractivity contribution in [2.45, 2.75) is 26.3 Å². The number of pyridine rings is 1. The van der Waals surface area contributed by atoms with E-state index in [0.717, 1.165) is 29.9 Å². The second-order valence-electron chi connectivity index (χ2n) is 3.66. The van der Waals surface area contributed by atoms with Crippen LogP contribution in [0.2, 0.25) is 0 Å². The number of nitrogens with one attached hydrogen (secondary N) is 1. The SMILES string of the molecule is CCc1c[nH]c(=S)n1CCc1ccccn1. The highest BCUT2D eigenvalue weighted by Crippen LogP contribution is 2.05. The van der Waals surface area contributed by atoms with Gasteiger partial charge >= 0.3 is 0 Å². The minimum absolute atomic E-state index is 0.799. The predicted octanol–water partition coefficient (Wildman–Crippen LogP) is 2.75. The molecule has 1 N–H and O–H groups in total. The largest absolute Gasteiger partial charge is 0.337 e. The Bertz CT molecular complexity index is 498. The standard InChI is InChI=1S/C12H15N3S/c1-2-11-9-14-12(16)15(11)8-6-10-5-3-4-7-13-10/h3-5,7,9H,2,6,8H2,1H3,(H,14,16). The summed E-state index contributed by atoms with van der Waals surface area (Å²) in [5.41, 5.74) is 2.36. The molecule has 0 amide bonds. The first-order valence-corrected chi connectivity index (χ1v) is 5.89. The van der Waals surface area contributed by atoms with Crippen molar-refractivity contribution < 1.29 is 0 Å². The topological polar surface area (TPSA) is 33.6 Å². The van der Waals surface area contributed by atoms with Crippen molar-refractivity contribution in [1.82, 2.24) is 14.5 Å². The molecule has 0 atom stereocenters. The maximum Gasteiger partial charge on any atom is 0.177 e. The molecule has 0 spiro atoms. The molecule has 0 bridgehead atoms. The number of aromatic nitrogens is 3. The number of aromatic amines is 1. The van der Waals surface area contributed by atoms with Crippen LogP contribution in [-0.4, -0.2) is 14.5 Å². The van der Waals surface area contributed by atoms with Crippen molar-refractivity contribution >= 4 is 12.2 Å². The monoisotopic (exact) mass is 233 g/mol. The van der Waals surface area contributed by atoms with Crippen LogP contribution in [-0.2, 0) is 19.4 Å². The summed E-state index contributed by atoms with van der Waals surface area (Å²) in [5, 5.41) is 0. The summed E-state index contributed by atoms with van der Waals surface area (Å²) in [7, 11) is 0. The fourth-order valence-electron chi connectivity index (χ4n) is 1.74. The number of nitrogens with zero attached hydrogens (tertiary/aromatic N) is 2. The van der Waals surface area contributed by atoms with E-state index in [2.05, 4.69) is 21.5 Å². The third-order valence-corrected chi connectivity index (χ3v) is 2.97. The summed E-state index contributed by atoms with van der Waals surface area (Å²) >= 11 is 5.24. The second kappa shape index (κ2) is 5.07. The fourth-order valence-corrected chi connectivity index (χ4v) is 2.01. The molecule has 0 aliphatic carbocycles. The molecule has 3 nitrogen and oxygen atoms in total. The highest BCUT2D eigenvalue weighted by Gasteiger charge is 2.02. The summed E-state index contributed by atoms with van der Waals surface area (Å²) in [6, 6.07) is 5.99. The number of imidazole rings is 1. The highest BCUT2D eigenvalue weighted by molar-refractivity contribution is 7.71. The Morgan fingerprint density at radius 2 is 2.31 bits per heavy atom. The van der Waals surface area contributed by atoms with Gasteiger partial charge in [0.25, 0.3) is 0 Å². The molecule has 0 unspecified atom stereocenters. The molecule has 16 heavy (non-hydrogen) atoms. The van der Waals surface area contributed by atoms with E-state index in [1.165, 1.54) is 5.69 Å². The summed E-state index contributed by atoms with van der Waals surface area (Å²) < 4.78 is 2.94. The molecular weight excluding hydrogens is 218 g/mol. The van der Waals surface area contributed by atoms with E-state index in [1.807, 2.05) is 30.6 Å². The van der Waals surface area contributed by atoms with E-state index in [9.17, 15) is 0 Å². The van der Waals surface area contributed by atoms with Crippen LogP contribution in [0.5, 0.6) is 0 Å². The van der Waals surface area contributed by atoms with Crippen molar-refractivity contribution in [2.75, 3.05) is 0 Å². The first kappa shape index (κ1) is 11.1. The van der Waals surface area contributed by atoms with E-state index in [1.54, 1.807) is 0 Å². The summed E-state index contributed by atoms with van der Waals surface area (Å²) in [6.07, 6.45) is 5.72. The van der Waals surface area contributed by atoms with Gasteiger partial charge in [0.05, 0.1) is 0 Å². The van der Waals surface area contributed by atoms with Crippen LogP contribution in [0.4, 0.5) is 0 Å². The third kappa shape index (κ3) is 2.39. The van der Waals surface area contributed by atoms with Gasteiger partial charge < -0.3 is 9.55 Å². The Balaban J connectivity index is 2.10. The first-order valence-electron chi connectivity index (χ1n) is 5.48. The van der Waals surface area contributed by atoms with Gasteiger partial charge in [-0.3, -0.25) is 4.98 Å². The molecule has 2 aromatic rings. The van der Waals surface area contributed by atoms with Crippen molar-refractivity contribution in [2.24, 2.45) is 0 Å². The Hall–Kier alpha value is -1.42. The minimum Gasteiger partial charge on any atom is -0.337 e. The van der Waals surface area contributed by atoms with Crippen LogP contribution in [0.1, 0.15) is 18.3 Å². The van der Waals surface area contributed by atoms with Crippen LogP contribution < -0.4 is 0 Å². The van der Waals surface area contributed by atoms with Gasteiger partial charge in [-0.15, -0.1) is 0 Å². The summed E-state index contributed by atoms with van der Waals surface area (Å²) in [6.45, 7) is 3.03. The van der Waals surface area contributed by atoms with Crippen molar-refractivity contribution in [1.29, 1.82) is 0 Å². The van der Waals surface area contributed by atoms with Crippen LogP contribution in [0, 0.1) is 4.77 Å². The molecular formula is C12H15N3S. The quantitative estimate of drug-likeness (QED) is 0.824. The van der Waals surface area contributed by atoms with Crippen LogP contribution in [0.15, 0.2) is 30.6 Å². The molecule has 0 fully saturated rings. The van der Waals surface area contributed by atoms with Gasteiger partial charge in [0, 0.05) is 36.7 Å². The Morgan fingerprint density at radius 1 is 1.44 bits per heavy atom. The number of H-pyrrole nitrogens is 1. The zero-order chi connectivity index (χ0) is 11.4. The Morgan fingerprint density at radius 3 is 3.00 bits per heavy atom. The summed E-state index contributed by atoms with van der Waals surface area (Å²) in [5.74, 6) is 0. The lowest BCUT2D eigenvalue weighted by molar-refractivity contribution is 0.648. The number of hydrogen-bond acceptors (Lipinski definition) is 2. The molecule has 4 heteroatoms. The minimum atomic E-state index is 0.799. The Kier molecular flexibility index (Phi) is 3.51. The van der Waals surface area contributed by atoms with Gasteiger partial charge in [-0.05, 0) is 30.8 Å². The van der Waals surface area contributed by atoms with Crippen molar-refractivity contribution in [3.63, 3.8) is 0 Å². The van der Waals surface area contributed by atoms with Gasteiger partial charge in [-0.2, -0.15) is 0 Å². The average molecular weight is 233 g/mol. The highest BCUT2D eigenvalue weighted by atomic mass is 32.1. The van der Waals surface area contributed by atoms with E-state index in [4.69, 9.17) is 12.2 Å². The summed E-state index contributed by atoms with van der Waals surface area (Å²) in [4.78, 5) is 7.39. The van der Waals surface area contributed by atoms with Gasteiger partial charge in [0.1, 0.15) is 0 Å². The molecule has 2 aromatic heterocycles. The second-order valence-corrected chi connectivity index (χ2v) is 4.05. The molecule has 0 saturated carbocycles. The van der Waals surface area contributed by atoms with Gasteiger partial charge in [-0.25, -0.2) is 0 Å². The fraction of sp³-hybridized carbons (Fsp3) is 0.333. The first-order chi connectivity index (χ1) is 7.81. The smallest absolute Gasteiger partial charge is 0.177 e. The van der Waals surface area contributed by atoms with Crippen molar-refractivity contribution in [3.8, 4) is 0 Å².